The monoisotopic (exact) mass is 363 g/mol. The smallest absolute Gasteiger partial charge is 0.303 e. The minimum absolute atomic E-state index is 0.141. The topological polar surface area (TPSA) is 66.4 Å². The van der Waals surface area contributed by atoms with Crippen LogP contribution in [0.5, 0.6) is 0 Å². The average molecular weight is 363 g/mol. The Bertz CT molecular complexity index is 777. The van der Waals surface area contributed by atoms with Crippen LogP contribution in [-0.4, -0.2) is 23.5 Å². The molecule has 0 spiro atoms. The Hall–Kier alpha value is -3.14. The van der Waals surface area contributed by atoms with E-state index in [1.807, 2.05) is 42.5 Å². The highest BCUT2D eigenvalue weighted by Gasteiger charge is 1.98. The lowest BCUT2D eigenvalue weighted by atomic mass is 10.0. The zero-order valence-electron chi connectivity index (χ0n) is 15.3. The molecule has 0 saturated heterocycles. The molecule has 2 rings (SSSR count). The first-order valence-electron chi connectivity index (χ1n) is 9.15. The molecule has 2 N–H and O–H groups in total. The van der Waals surface area contributed by atoms with Crippen molar-refractivity contribution < 1.29 is 14.7 Å². The molecule has 4 heteroatoms. The number of carboxylic acids is 1. The summed E-state index contributed by atoms with van der Waals surface area (Å²) in [7, 11) is 0. The van der Waals surface area contributed by atoms with Crippen molar-refractivity contribution in [1.82, 2.24) is 5.32 Å². The Labute approximate surface area is 160 Å². The van der Waals surface area contributed by atoms with Crippen LogP contribution in [-0.2, 0) is 9.59 Å². The normalized spacial score (nSPS) is 11.1. The highest BCUT2D eigenvalue weighted by molar-refractivity contribution is 5.87. The summed E-state index contributed by atoms with van der Waals surface area (Å²) in [5.74, 6) is -0.916. The predicted molar refractivity (Wildman–Crippen MR) is 109 cm³/mol. The molecule has 1 amide bonds. The molecular formula is C23H25NO3. The fourth-order valence-electron chi connectivity index (χ4n) is 2.58. The molecule has 0 aromatic heterocycles. The quantitative estimate of drug-likeness (QED) is 0.366. The van der Waals surface area contributed by atoms with Gasteiger partial charge in [-0.3, -0.25) is 9.59 Å². The molecule has 0 aliphatic carbocycles. The third-order valence-electron chi connectivity index (χ3n) is 4.03. The number of amides is 1. The van der Waals surface area contributed by atoms with Gasteiger partial charge in [0, 0.05) is 19.0 Å². The number of carbonyl (C=O) groups is 2. The summed E-state index contributed by atoms with van der Waals surface area (Å²) in [5, 5.41) is 11.3. The van der Waals surface area contributed by atoms with Crippen LogP contribution in [0.15, 0.2) is 72.8 Å². The van der Waals surface area contributed by atoms with Crippen molar-refractivity contribution in [3.05, 3.63) is 78.4 Å². The Morgan fingerprint density at radius 1 is 0.852 bits per heavy atom. The molecule has 0 aliphatic rings. The number of aliphatic carboxylic acids is 1. The summed E-state index contributed by atoms with van der Waals surface area (Å²) < 4.78 is 0. The van der Waals surface area contributed by atoms with Gasteiger partial charge in [-0.15, -0.1) is 0 Å². The molecule has 0 fully saturated rings. The summed E-state index contributed by atoms with van der Waals surface area (Å²) >= 11 is 0. The van der Waals surface area contributed by atoms with Crippen LogP contribution >= 0.6 is 0 Å². The third-order valence-corrected chi connectivity index (χ3v) is 4.03. The minimum atomic E-state index is -0.775. The minimum Gasteiger partial charge on any atom is -0.481 e. The van der Waals surface area contributed by atoms with E-state index in [4.69, 9.17) is 5.11 Å². The van der Waals surface area contributed by atoms with E-state index in [-0.39, 0.29) is 12.3 Å². The molecule has 0 saturated carbocycles. The SMILES string of the molecule is O=C(O)CCCCCNC(=O)/C=C/C=C/c1ccc(-c2ccccc2)cc1. The van der Waals surface area contributed by atoms with Crippen LogP contribution in [0, 0.1) is 0 Å². The van der Waals surface area contributed by atoms with E-state index in [0.29, 0.717) is 13.0 Å². The predicted octanol–water partition coefficient (Wildman–Crippen LogP) is 4.68. The Kier molecular flexibility index (Phi) is 8.57. The van der Waals surface area contributed by atoms with Crippen LogP contribution in [0.1, 0.15) is 31.2 Å². The number of carbonyl (C=O) groups excluding carboxylic acids is 1. The fourth-order valence-corrected chi connectivity index (χ4v) is 2.58. The van der Waals surface area contributed by atoms with E-state index in [1.54, 1.807) is 6.08 Å². The lowest BCUT2D eigenvalue weighted by Crippen LogP contribution is -2.21. The summed E-state index contributed by atoms with van der Waals surface area (Å²) in [6.45, 7) is 0.563. The maximum atomic E-state index is 11.7. The number of allylic oxidation sites excluding steroid dienone is 2. The van der Waals surface area contributed by atoms with Gasteiger partial charge in [0.25, 0.3) is 0 Å². The van der Waals surface area contributed by atoms with Crippen LogP contribution in [0.4, 0.5) is 0 Å². The number of unbranched alkanes of at least 4 members (excludes halogenated alkanes) is 2. The Balaban J connectivity index is 1.70. The molecule has 0 radical (unpaired) electrons. The van der Waals surface area contributed by atoms with Crippen molar-refractivity contribution in [3.63, 3.8) is 0 Å². The fraction of sp³-hybridized carbons (Fsp3) is 0.217. The zero-order valence-corrected chi connectivity index (χ0v) is 15.3. The van der Waals surface area contributed by atoms with E-state index < -0.39 is 5.97 Å². The van der Waals surface area contributed by atoms with Gasteiger partial charge in [-0.25, -0.2) is 0 Å². The summed E-state index contributed by atoms with van der Waals surface area (Å²) in [6.07, 6.45) is 9.41. The van der Waals surface area contributed by atoms with Gasteiger partial charge in [0.2, 0.25) is 5.91 Å². The molecule has 0 unspecified atom stereocenters. The molecule has 0 atom stereocenters. The van der Waals surface area contributed by atoms with Gasteiger partial charge >= 0.3 is 5.97 Å². The molecule has 0 heterocycles. The van der Waals surface area contributed by atoms with E-state index in [2.05, 4.69) is 29.6 Å². The van der Waals surface area contributed by atoms with E-state index >= 15 is 0 Å². The van der Waals surface area contributed by atoms with Gasteiger partial charge in [0.1, 0.15) is 0 Å². The van der Waals surface area contributed by atoms with E-state index in [0.717, 1.165) is 18.4 Å². The maximum absolute atomic E-state index is 11.7. The third kappa shape index (κ3) is 8.19. The lowest BCUT2D eigenvalue weighted by Gasteiger charge is -2.01. The summed E-state index contributed by atoms with van der Waals surface area (Å²) in [5.41, 5.74) is 3.43. The molecule has 2 aromatic carbocycles. The van der Waals surface area contributed by atoms with Gasteiger partial charge < -0.3 is 10.4 Å². The molecule has 140 valence electrons. The number of hydrogen-bond acceptors (Lipinski definition) is 2. The molecule has 0 bridgehead atoms. The molecule has 4 nitrogen and oxygen atoms in total. The molecular weight excluding hydrogens is 338 g/mol. The lowest BCUT2D eigenvalue weighted by molar-refractivity contribution is -0.137. The molecule has 2 aromatic rings. The second kappa shape index (κ2) is 11.5. The second-order valence-corrected chi connectivity index (χ2v) is 6.20. The van der Waals surface area contributed by atoms with Crippen molar-refractivity contribution in [3.8, 4) is 11.1 Å². The van der Waals surface area contributed by atoms with E-state index in [9.17, 15) is 9.59 Å². The largest absolute Gasteiger partial charge is 0.481 e. The highest BCUT2D eigenvalue weighted by atomic mass is 16.4. The van der Waals surface area contributed by atoms with Crippen LogP contribution < -0.4 is 5.32 Å². The van der Waals surface area contributed by atoms with Gasteiger partial charge in [0.15, 0.2) is 0 Å². The number of carboxylic acid groups (broad SMARTS) is 1. The first-order chi connectivity index (χ1) is 13.1. The van der Waals surface area contributed by atoms with Crippen LogP contribution in [0.3, 0.4) is 0 Å². The van der Waals surface area contributed by atoms with Crippen LogP contribution in [0.2, 0.25) is 0 Å². The summed E-state index contributed by atoms with van der Waals surface area (Å²) in [6, 6.07) is 18.5. The average Bonchev–Trinajstić information content (AvgIpc) is 2.69. The number of hydrogen-bond donors (Lipinski definition) is 2. The van der Waals surface area contributed by atoms with Crippen molar-refractivity contribution in [2.45, 2.75) is 25.7 Å². The Morgan fingerprint density at radius 3 is 2.26 bits per heavy atom. The van der Waals surface area contributed by atoms with Crippen molar-refractivity contribution in [2.75, 3.05) is 6.54 Å². The van der Waals surface area contributed by atoms with Crippen LogP contribution in [0.25, 0.3) is 17.2 Å². The first-order valence-corrected chi connectivity index (χ1v) is 9.15. The molecule has 0 aliphatic heterocycles. The standard InChI is InChI=1S/C23H25NO3/c25-22(24-18-8-2-5-13-23(26)27)12-7-6-9-19-14-16-21(17-15-19)20-10-3-1-4-11-20/h1,3-4,6-7,9-12,14-17H,2,5,8,13,18H2,(H,24,25)(H,26,27)/b9-6+,12-7+. The zero-order chi connectivity index (χ0) is 19.3. The maximum Gasteiger partial charge on any atom is 0.303 e. The van der Waals surface area contributed by atoms with Gasteiger partial charge in [-0.1, -0.05) is 79.2 Å². The molecule has 27 heavy (non-hydrogen) atoms. The van der Waals surface area contributed by atoms with Crippen molar-refractivity contribution >= 4 is 18.0 Å². The van der Waals surface area contributed by atoms with Crippen molar-refractivity contribution in [1.29, 1.82) is 0 Å². The number of rotatable bonds is 10. The second-order valence-electron chi connectivity index (χ2n) is 6.20. The van der Waals surface area contributed by atoms with Gasteiger partial charge in [-0.2, -0.15) is 0 Å². The van der Waals surface area contributed by atoms with E-state index in [1.165, 1.54) is 17.2 Å². The number of benzene rings is 2. The van der Waals surface area contributed by atoms with Gasteiger partial charge in [0.05, 0.1) is 0 Å². The summed E-state index contributed by atoms with van der Waals surface area (Å²) in [4.78, 5) is 22.1. The Morgan fingerprint density at radius 2 is 1.56 bits per heavy atom. The first kappa shape index (κ1) is 20.2. The number of nitrogens with one attached hydrogen (secondary N) is 1. The van der Waals surface area contributed by atoms with Gasteiger partial charge in [-0.05, 0) is 29.5 Å². The highest BCUT2D eigenvalue weighted by Crippen LogP contribution is 2.19. The van der Waals surface area contributed by atoms with Crippen molar-refractivity contribution in [2.24, 2.45) is 0 Å².